The highest BCUT2D eigenvalue weighted by molar-refractivity contribution is 9.11. The fraction of sp³-hybridized carbons (Fsp3) is 0.0833. The lowest BCUT2D eigenvalue weighted by Crippen LogP contribution is -2.33. The zero-order valence-corrected chi connectivity index (χ0v) is 15.0. The van der Waals surface area contributed by atoms with E-state index in [1.807, 2.05) is 0 Å². The van der Waals surface area contributed by atoms with Crippen LogP contribution in [0, 0.1) is 0 Å². The molecule has 1 saturated heterocycles. The molecule has 9 heteroatoms. The van der Waals surface area contributed by atoms with Gasteiger partial charge in [-0.05, 0) is 55.6 Å². The predicted octanol–water partition coefficient (Wildman–Crippen LogP) is 3.20. The number of nitrogens with zero attached hydrogens (tertiary/aromatic N) is 1. The Balaban J connectivity index is 2.33. The molecular formula is C12H7Br2NO4S2. The number of thiocarbonyl (C=S) groups is 1. The third-order valence-electron chi connectivity index (χ3n) is 2.50. The van der Waals surface area contributed by atoms with Gasteiger partial charge in [-0.2, -0.15) is 0 Å². The van der Waals surface area contributed by atoms with E-state index in [0.717, 1.165) is 16.7 Å². The molecule has 5 nitrogen and oxygen atoms in total. The average molecular weight is 453 g/mol. The first-order valence-electron chi connectivity index (χ1n) is 5.44. The molecule has 1 aromatic rings. The molecule has 0 spiro atoms. The number of carbonyl (C=O) groups excluding carboxylic acids is 1. The van der Waals surface area contributed by atoms with E-state index in [2.05, 4.69) is 31.9 Å². The standard InChI is InChI=1S/C12H7Br2NO4S2/c13-6-1-5(2-7(14)10(6)18)3-8-11(19)15(4-9(16)17)12(20)21-8/h1-3,18H,4H2,(H,16,17). The van der Waals surface area contributed by atoms with Crippen molar-refractivity contribution in [2.24, 2.45) is 0 Å². The number of amides is 1. The summed E-state index contributed by atoms with van der Waals surface area (Å²) >= 11 is 12.5. The Morgan fingerprint density at radius 3 is 2.48 bits per heavy atom. The second-order valence-corrected chi connectivity index (χ2v) is 7.38. The first-order chi connectivity index (χ1) is 9.79. The molecule has 2 N–H and O–H groups in total. The third-order valence-corrected chi connectivity index (χ3v) is 5.09. The number of halogens is 2. The monoisotopic (exact) mass is 451 g/mol. The van der Waals surface area contributed by atoms with Crippen molar-refractivity contribution >= 4 is 78.1 Å². The van der Waals surface area contributed by atoms with Crippen molar-refractivity contribution in [3.05, 3.63) is 31.5 Å². The molecule has 0 aliphatic carbocycles. The maximum atomic E-state index is 12.1. The van der Waals surface area contributed by atoms with Gasteiger partial charge < -0.3 is 10.2 Å². The minimum absolute atomic E-state index is 0.0607. The minimum atomic E-state index is -1.12. The number of hydrogen-bond donors (Lipinski definition) is 2. The Kier molecular flexibility index (Phi) is 5.07. The number of carbonyl (C=O) groups is 2. The molecule has 110 valence electrons. The molecule has 0 radical (unpaired) electrons. The van der Waals surface area contributed by atoms with Crippen LogP contribution in [0.3, 0.4) is 0 Å². The molecule has 0 unspecified atom stereocenters. The largest absolute Gasteiger partial charge is 0.506 e. The van der Waals surface area contributed by atoms with Crippen LogP contribution in [-0.2, 0) is 9.59 Å². The van der Waals surface area contributed by atoms with Crippen LogP contribution in [0.5, 0.6) is 5.75 Å². The van der Waals surface area contributed by atoms with E-state index in [9.17, 15) is 14.7 Å². The van der Waals surface area contributed by atoms with Crippen LogP contribution in [0.2, 0.25) is 0 Å². The molecule has 2 rings (SSSR count). The fourth-order valence-corrected chi connectivity index (χ4v) is 4.07. The number of carboxylic acid groups (broad SMARTS) is 1. The van der Waals surface area contributed by atoms with E-state index in [1.54, 1.807) is 18.2 Å². The highest BCUT2D eigenvalue weighted by Crippen LogP contribution is 2.36. The van der Waals surface area contributed by atoms with Crippen molar-refractivity contribution < 1.29 is 19.8 Å². The van der Waals surface area contributed by atoms with Crippen LogP contribution in [0.4, 0.5) is 0 Å². The summed E-state index contributed by atoms with van der Waals surface area (Å²) in [6.45, 7) is -0.453. The van der Waals surface area contributed by atoms with Gasteiger partial charge in [0.15, 0.2) is 0 Å². The van der Waals surface area contributed by atoms with Gasteiger partial charge >= 0.3 is 5.97 Å². The number of rotatable bonds is 3. The van der Waals surface area contributed by atoms with E-state index < -0.39 is 18.4 Å². The Labute approximate surface area is 146 Å². The van der Waals surface area contributed by atoms with Gasteiger partial charge in [0, 0.05) is 0 Å². The van der Waals surface area contributed by atoms with Crippen LogP contribution in [0.25, 0.3) is 6.08 Å². The minimum Gasteiger partial charge on any atom is -0.506 e. The zero-order valence-electron chi connectivity index (χ0n) is 10.2. The first kappa shape index (κ1) is 16.5. The van der Waals surface area contributed by atoms with Crippen LogP contribution >= 0.6 is 55.8 Å². The first-order valence-corrected chi connectivity index (χ1v) is 8.26. The summed E-state index contributed by atoms with van der Waals surface area (Å²) in [7, 11) is 0. The summed E-state index contributed by atoms with van der Waals surface area (Å²) in [4.78, 5) is 24.2. The lowest BCUT2D eigenvalue weighted by molar-refractivity contribution is -0.140. The van der Waals surface area contributed by atoms with E-state index >= 15 is 0 Å². The summed E-state index contributed by atoms with van der Waals surface area (Å²) in [5.74, 6) is -1.50. The van der Waals surface area contributed by atoms with Gasteiger partial charge in [0.2, 0.25) is 0 Å². The van der Waals surface area contributed by atoms with E-state index in [1.165, 1.54) is 0 Å². The fourth-order valence-electron chi connectivity index (χ4n) is 1.59. The molecule has 0 atom stereocenters. The molecule has 0 saturated carbocycles. The summed E-state index contributed by atoms with van der Waals surface area (Å²) in [6.07, 6.45) is 1.59. The molecule has 1 aliphatic heterocycles. The van der Waals surface area contributed by atoms with Crippen LogP contribution < -0.4 is 0 Å². The van der Waals surface area contributed by atoms with Gasteiger partial charge in [-0.3, -0.25) is 14.5 Å². The normalized spacial score (nSPS) is 16.9. The average Bonchev–Trinajstić information content (AvgIpc) is 2.63. The molecule has 1 aromatic carbocycles. The number of aliphatic carboxylic acids is 1. The molecule has 1 fully saturated rings. The van der Waals surface area contributed by atoms with Crippen molar-refractivity contribution in [2.75, 3.05) is 6.54 Å². The number of carboxylic acids is 1. The molecule has 1 heterocycles. The van der Waals surface area contributed by atoms with Gasteiger partial charge in [-0.25, -0.2) is 0 Å². The van der Waals surface area contributed by atoms with Gasteiger partial charge in [0.1, 0.15) is 16.6 Å². The molecule has 1 aliphatic rings. The number of hydrogen-bond acceptors (Lipinski definition) is 5. The van der Waals surface area contributed by atoms with Crippen molar-refractivity contribution in [3.63, 3.8) is 0 Å². The molecule has 0 aromatic heterocycles. The van der Waals surface area contributed by atoms with Gasteiger partial charge in [0.05, 0.1) is 13.9 Å². The lowest BCUT2D eigenvalue weighted by atomic mass is 10.2. The Morgan fingerprint density at radius 2 is 1.95 bits per heavy atom. The van der Waals surface area contributed by atoms with Crippen molar-refractivity contribution in [1.82, 2.24) is 4.90 Å². The Hall–Kier alpha value is -0.900. The summed E-state index contributed by atoms with van der Waals surface area (Å²) in [5.41, 5.74) is 0.669. The van der Waals surface area contributed by atoms with Crippen molar-refractivity contribution in [1.29, 1.82) is 0 Å². The third kappa shape index (κ3) is 3.65. The molecule has 21 heavy (non-hydrogen) atoms. The molecule has 1 amide bonds. The predicted molar refractivity (Wildman–Crippen MR) is 91.0 cm³/mol. The van der Waals surface area contributed by atoms with Crippen molar-refractivity contribution in [3.8, 4) is 5.75 Å². The second-order valence-electron chi connectivity index (χ2n) is 3.99. The SMILES string of the molecule is O=C(O)CN1C(=O)C(=Cc2cc(Br)c(O)c(Br)c2)SC1=S. The van der Waals surface area contributed by atoms with Gasteiger partial charge in [-0.15, -0.1) is 0 Å². The van der Waals surface area contributed by atoms with E-state index in [4.69, 9.17) is 17.3 Å². The van der Waals surface area contributed by atoms with E-state index in [0.29, 0.717) is 19.4 Å². The number of benzene rings is 1. The second kappa shape index (κ2) is 6.47. The maximum absolute atomic E-state index is 12.1. The lowest BCUT2D eigenvalue weighted by Gasteiger charge is -2.10. The molecule has 0 bridgehead atoms. The van der Waals surface area contributed by atoms with E-state index in [-0.39, 0.29) is 10.1 Å². The Morgan fingerprint density at radius 1 is 1.38 bits per heavy atom. The number of phenols is 1. The smallest absolute Gasteiger partial charge is 0.323 e. The quantitative estimate of drug-likeness (QED) is 0.541. The van der Waals surface area contributed by atoms with Crippen molar-refractivity contribution in [2.45, 2.75) is 0 Å². The summed E-state index contributed by atoms with van der Waals surface area (Å²) < 4.78 is 1.17. The highest BCUT2D eigenvalue weighted by Gasteiger charge is 2.33. The summed E-state index contributed by atoms with van der Waals surface area (Å²) in [5, 5.41) is 18.4. The Bertz CT molecular complexity index is 667. The number of aromatic hydroxyl groups is 1. The molecular weight excluding hydrogens is 446 g/mol. The van der Waals surface area contributed by atoms with Gasteiger partial charge in [0.25, 0.3) is 5.91 Å². The highest BCUT2D eigenvalue weighted by atomic mass is 79.9. The van der Waals surface area contributed by atoms with Gasteiger partial charge in [-0.1, -0.05) is 24.0 Å². The van der Waals surface area contributed by atoms with Crippen LogP contribution in [0.1, 0.15) is 5.56 Å². The topological polar surface area (TPSA) is 77.8 Å². The maximum Gasteiger partial charge on any atom is 0.323 e. The number of phenolic OH excluding ortho intramolecular Hbond substituents is 1. The zero-order chi connectivity index (χ0) is 15.7. The summed E-state index contributed by atoms with van der Waals surface area (Å²) in [6, 6.07) is 3.29. The number of thioether (sulfide) groups is 1. The van der Waals surface area contributed by atoms with Crippen LogP contribution in [0.15, 0.2) is 26.0 Å². The van der Waals surface area contributed by atoms with Crippen LogP contribution in [-0.4, -0.2) is 37.9 Å².